The lowest BCUT2D eigenvalue weighted by Gasteiger charge is -2.41. The van der Waals surface area contributed by atoms with Gasteiger partial charge in [-0.25, -0.2) is 13.7 Å². The molecule has 9 aromatic heterocycles. The van der Waals surface area contributed by atoms with Crippen molar-refractivity contribution in [2.45, 2.75) is 448 Å². The standard InChI is InChI=1S/C11H18N2.C9H13N.3C7H12N2.3C7H11NS.C7H8.C6H11N3.C6H10N2S.12C2H6/c1-11(2,3)13-6-4-5-9-7-12-8-10(9)13;1-9(2,3)8-6-4-5-7-10-8;1-7(2,3)6-4-8-9-5-6;1-7(2,3)9-6-4-5-8-9;1-7(2,3)6-4-5-8-9-6;1-7(2,3)6-4-8-9-5-6;1-7(2,3)6-8-4-5-9-6;1-7(2,3)6-4-5-8-9-6;1-7-5-3-2-4-6-7;1-6(2,3)9-7-4-5-8-9;1-6(2,3)5-4-9-8-7-5;12*1-2/h7H,4-6,8H2,1-3H3;4-7H,1-3H3;4-5H,1-3H3,(H,8,9);4-6H,1-3H3;4-5H,1-3H3,(H,8,9);3*4-5H,1-3H3;2-6H,1H3;4-5H,1-3H3;4H,1-3H3;12*1-2H3. The van der Waals surface area contributed by atoms with Gasteiger partial charge in [0.1, 0.15) is 0 Å². The topological polar surface area (TPSA) is 199 Å². The molecule has 2 aliphatic heterocycles. The maximum absolute atomic E-state index is 4.35. The fourth-order valence-electron chi connectivity index (χ4n) is 8.36. The van der Waals surface area contributed by atoms with Crippen LogP contribution in [0.25, 0.3) is 0 Å². The Hall–Kier alpha value is -7.20. The Balaban J connectivity index is -0.000000125. The number of benzene rings is 1. The fourth-order valence-corrected chi connectivity index (χ4v) is 11.2. The van der Waals surface area contributed by atoms with E-state index in [0.717, 1.165) is 17.9 Å². The van der Waals surface area contributed by atoms with Crippen molar-refractivity contribution in [1.82, 2.24) is 78.4 Å². The molecule has 12 rings (SSSR count). The Morgan fingerprint density at radius 2 is 0.905 bits per heavy atom. The number of aromatic nitrogens is 15. The number of rotatable bonds is 0. The average Bonchev–Trinajstić information content (AvgIpc) is 1.63. The SMILES string of the molecule is CC.CC.CC.CC.CC.CC.CC.CC.CC.CC.CC.CC.CC(C)(C)N1CCCC2=C1CN=C2.CC(C)(C)c1ccccn1.CC(C)(C)c1ccn[nH]1.CC(C)(C)c1ccns1.CC(C)(C)c1cn[nH]c1.CC(C)(C)c1cnsc1.CC(C)(C)c1csnn1.CC(C)(C)c1nccs1.CC(C)(C)n1cccn1.CC(C)(C)n1nccn1.Cc1ccccc1. The lowest BCUT2D eigenvalue weighted by atomic mass is 9.90. The maximum atomic E-state index is 4.35. The molecule has 0 bridgehead atoms. The van der Waals surface area contributed by atoms with Crippen molar-refractivity contribution in [2.24, 2.45) is 4.99 Å². The molecule has 2 aliphatic rings. The molecule has 0 radical (unpaired) electrons. The Morgan fingerprint density at radius 1 is 0.397 bits per heavy atom. The summed E-state index contributed by atoms with van der Waals surface area (Å²) >= 11 is 6.22. The average molecular weight is 1830 g/mol. The minimum Gasteiger partial charge on any atom is -0.368 e. The van der Waals surface area contributed by atoms with Crippen molar-refractivity contribution in [3.63, 3.8) is 0 Å². The van der Waals surface area contributed by atoms with Gasteiger partial charge in [-0.3, -0.25) is 24.9 Å². The van der Waals surface area contributed by atoms with Crippen LogP contribution in [0.3, 0.4) is 0 Å². The zero-order valence-electron chi connectivity index (χ0n) is 92.2. The second kappa shape index (κ2) is 82.2. The van der Waals surface area contributed by atoms with Crippen LogP contribution in [0.15, 0.2) is 167 Å². The van der Waals surface area contributed by atoms with Gasteiger partial charge >= 0.3 is 0 Å². The maximum Gasteiger partial charge on any atom is 0.0978 e. The number of aromatic amines is 2. The van der Waals surface area contributed by atoms with Crippen LogP contribution >= 0.6 is 45.9 Å². The Morgan fingerprint density at radius 3 is 1.14 bits per heavy atom. The van der Waals surface area contributed by atoms with Crippen molar-refractivity contribution >= 4 is 52.1 Å². The van der Waals surface area contributed by atoms with E-state index in [1.165, 1.54) is 86.0 Å². The highest BCUT2D eigenvalue weighted by Crippen LogP contribution is 2.32. The normalized spacial score (nSPS) is 11.1. The molecule has 11 heterocycles. The van der Waals surface area contributed by atoms with E-state index in [2.05, 4.69) is 324 Å². The van der Waals surface area contributed by atoms with Crippen LogP contribution in [0, 0.1) is 6.92 Å². The lowest BCUT2D eigenvalue weighted by Crippen LogP contribution is -2.43. The second-order valence-electron chi connectivity index (χ2n) is 35.0. The van der Waals surface area contributed by atoms with Gasteiger partial charge in [-0.15, -0.1) is 16.4 Å². The summed E-state index contributed by atoms with van der Waals surface area (Å²) in [6.45, 7) is 117. The third kappa shape index (κ3) is 74.7. The highest BCUT2D eigenvalue weighted by atomic mass is 32.1. The summed E-state index contributed by atoms with van der Waals surface area (Å²) in [5.41, 5.74) is 12.2. The van der Waals surface area contributed by atoms with Crippen LogP contribution in [0.1, 0.15) is 430 Å². The number of pyridine rings is 1. The van der Waals surface area contributed by atoms with E-state index < -0.39 is 0 Å². The molecular weight excluding hydrogens is 1630 g/mol. The van der Waals surface area contributed by atoms with E-state index in [1.54, 1.807) is 52.5 Å². The summed E-state index contributed by atoms with van der Waals surface area (Å²) in [6.07, 6.45) is 24.8. The number of H-pyrrole nitrogens is 2. The molecule has 730 valence electrons. The molecule has 0 fully saturated rings. The molecule has 0 amide bonds. The van der Waals surface area contributed by atoms with Crippen molar-refractivity contribution in [2.75, 3.05) is 13.1 Å². The van der Waals surface area contributed by atoms with E-state index in [9.17, 15) is 0 Å². The van der Waals surface area contributed by atoms with E-state index in [0.29, 0.717) is 0 Å². The summed E-state index contributed by atoms with van der Waals surface area (Å²) in [7, 11) is 0. The highest BCUT2D eigenvalue weighted by molar-refractivity contribution is 7.09. The Bertz CT molecular complexity index is 3170. The first kappa shape index (κ1) is 142. The number of allylic oxidation sites excluding steroid dienone is 1. The van der Waals surface area contributed by atoms with Gasteiger partial charge in [0.15, 0.2) is 0 Å². The molecule has 17 nitrogen and oxygen atoms in total. The monoisotopic (exact) mass is 1830 g/mol. The molecule has 2 N–H and O–H groups in total. The Kier molecular flexibility index (Phi) is 92.6. The van der Waals surface area contributed by atoms with Gasteiger partial charge in [0.05, 0.1) is 46.9 Å². The van der Waals surface area contributed by atoms with Crippen molar-refractivity contribution in [3.05, 3.63) is 206 Å². The third-order valence-electron chi connectivity index (χ3n) is 14.8. The van der Waals surface area contributed by atoms with Crippen LogP contribution in [0.4, 0.5) is 0 Å². The largest absolute Gasteiger partial charge is 0.368 e. The number of hydrogen-bond donors (Lipinski definition) is 2. The summed E-state index contributed by atoms with van der Waals surface area (Å²) in [6, 6.07) is 22.3. The fraction of sp³-hybridized carbons (Fsp3) is 0.657. The molecule has 0 spiro atoms. The van der Waals surface area contributed by atoms with Crippen molar-refractivity contribution < 1.29 is 0 Å². The second-order valence-corrected chi connectivity index (χ2v) is 38.0. The molecule has 126 heavy (non-hydrogen) atoms. The van der Waals surface area contributed by atoms with Crippen LogP contribution in [0.5, 0.6) is 0 Å². The first-order valence-corrected chi connectivity index (χ1v) is 50.5. The summed E-state index contributed by atoms with van der Waals surface area (Å²) in [5, 5.41) is 36.8. The molecule has 0 saturated carbocycles. The number of aliphatic imine (C=N–C) groups is 1. The van der Waals surface area contributed by atoms with Crippen molar-refractivity contribution in [3.8, 4) is 0 Å². The van der Waals surface area contributed by atoms with Crippen LogP contribution in [0.2, 0.25) is 0 Å². The Labute approximate surface area is 797 Å². The zero-order valence-corrected chi connectivity index (χ0v) is 95.4. The van der Waals surface area contributed by atoms with Crippen LogP contribution in [-0.4, -0.2) is 103 Å². The summed E-state index contributed by atoms with van der Waals surface area (Å²) in [5.74, 6) is 0. The van der Waals surface area contributed by atoms with E-state index in [-0.39, 0.29) is 54.5 Å². The molecule has 10 aromatic rings. The van der Waals surface area contributed by atoms with E-state index in [1.807, 2.05) is 267 Å². The predicted octanol–water partition coefficient (Wildman–Crippen LogP) is 34.2. The van der Waals surface area contributed by atoms with Gasteiger partial charge in [-0.05, 0) is 180 Å². The van der Waals surface area contributed by atoms with Gasteiger partial charge in [0.25, 0.3) is 0 Å². The molecular formula is C105H201N17S4. The number of nitrogens with zero attached hydrogens (tertiary/aromatic N) is 15. The smallest absolute Gasteiger partial charge is 0.0978 e. The number of thiazole rings is 1. The van der Waals surface area contributed by atoms with Crippen LogP contribution < -0.4 is 0 Å². The molecule has 1 aromatic carbocycles. The third-order valence-corrected chi connectivity index (χ3v) is 18.2. The quantitative estimate of drug-likeness (QED) is 0.146. The predicted molar refractivity (Wildman–Crippen MR) is 574 cm³/mol. The number of hydrogen-bond acceptors (Lipinski definition) is 17. The molecule has 0 saturated heterocycles. The molecule has 21 heteroatoms. The molecule has 0 aliphatic carbocycles. The number of aryl methyl sites for hydroxylation is 1. The highest BCUT2D eigenvalue weighted by Gasteiger charge is 2.29. The minimum atomic E-state index is 0.0174. The van der Waals surface area contributed by atoms with Gasteiger partial charge in [0, 0.05) is 128 Å². The zero-order chi connectivity index (χ0) is 101. The lowest BCUT2D eigenvalue weighted by molar-refractivity contribution is 0.172. The van der Waals surface area contributed by atoms with E-state index >= 15 is 0 Å². The van der Waals surface area contributed by atoms with E-state index in [4.69, 9.17) is 0 Å². The molecule has 0 unspecified atom stereocenters. The van der Waals surface area contributed by atoms with Crippen molar-refractivity contribution in [1.29, 1.82) is 0 Å². The first-order chi connectivity index (χ1) is 58.9. The van der Waals surface area contributed by atoms with Gasteiger partial charge in [-0.1, -0.05) is 358 Å². The number of nitrogens with one attached hydrogen (secondary N) is 2. The summed E-state index contributed by atoms with van der Waals surface area (Å²) < 4.78 is 13.8. The molecule has 0 atom stereocenters. The van der Waals surface area contributed by atoms with Crippen LogP contribution in [-0.2, 0) is 49.0 Å². The summed E-state index contributed by atoms with van der Waals surface area (Å²) in [4.78, 5) is 18.4. The van der Waals surface area contributed by atoms with Gasteiger partial charge in [0.2, 0.25) is 0 Å². The van der Waals surface area contributed by atoms with Gasteiger partial charge < -0.3 is 4.90 Å². The van der Waals surface area contributed by atoms with Gasteiger partial charge in [-0.2, -0.15) is 30.3 Å². The minimum absolute atomic E-state index is 0.0174. The first-order valence-electron chi connectivity index (χ1n) is 47.2.